The van der Waals surface area contributed by atoms with Crippen molar-refractivity contribution in [2.45, 2.75) is 46.2 Å². The molecule has 3 atom stereocenters. The summed E-state index contributed by atoms with van der Waals surface area (Å²) in [5, 5.41) is 0. The standard InChI is InChI=1S/C11H25N2/c1-6-8-12-9-13(5,7-2)11(4)10(12)3/h10-11H,6-9H2,1-5H3/q+1/t10?,11?,13-/m0/s1. The summed E-state index contributed by atoms with van der Waals surface area (Å²) >= 11 is 0. The van der Waals surface area contributed by atoms with Crippen LogP contribution in [0.25, 0.3) is 0 Å². The maximum absolute atomic E-state index is 2.63. The van der Waals surface area contributed by atoms with Gasteiger partial charge in [-0.2, -0.15) is 0 Å². The monoisotopic (exact) mass is 185 g/mol. The van der Waals surface area contributed by atoms with Crippen LogP contribution in [0.15, 0.2) is 0 Å². The van der Waals surface area contributed by atoms with Crippen LogP contribution < -0.4 is 0 Å². The Hall–Kier alpha value is -0.0800. The first kappa shape index (κ1) is 11.0. The van der Waals surface area contributed by atoms with Gasteiger partial charge in [0, 0.05) is 6.54 Å². The largest absolute Gasteiger partial charge is 0.310 e. The summed E-state index contributed by atoms with van der Waals surface area (Å²) in [6.45, 7) is 13.1. The summed E-state index contributed by atoms with van der Waals surface area (Å²) in [5.74, 6) is 0. The maximum Gasteiger partial charge on any atom is 0.135 e. The van der Waals surface area contributed by atoms with Gasteiger partial charge in [-0.05, 0) is 27.2 Å². The van der Waals surface area contributed by atoms with Crippen molar-refractivity contribution in [2.24, 2.45) is 0 Å². The molecule has 1 fully saturated rings. The Morgan fingerprint density at radius 1 is 1.31 bits per heavy atom. The van der Waals surface area contributed by atoms with E-state index in [1.54, 1.807) is 0 Å². The van der Waals surface area contributed by atoms with E-state index in [1.165, 1.54) is 30.7 Å². The molecule has 1 rings (SSSR count). The van der Waals surface area contributed by atoms with Crippen LogP contribution in [0.5, 0.6) is 0 Å². The number of hydrogen-bond donors (Lipinski definition) is 0. The lowest BCUT2D eigenvalue weighted by Crippen LogP contribution is -2.48. The molecule has 0 saturated carbocycles. The first-order valence-corrected chi connectivity index (χ1v) is 5.63. The quantitative estimate of drug-likeness (QED) is 0.607. The Labute approximate surface area is 83.1 Å². The third kappa shape index (κ3) is 1.89. The Balaban J connectivity index is 2.66. The zero-order valence-corrected chi connectivity index (χ0v) is 9.88. The average Bonchev–Trinajstić information content (AvgIpc) is 2.33. The Bertz CT molecular complexity index is 169. The van der Waals surface area contributed by atoms with E-state index in [2.05, 4.69) is 39.6 Å². The molecule has 0 spiro atoms. The third-order valence-corrected chi connectivity index (χ3v) is 4.00. The van der Waals surface area contributed by atoms with E-state index in [9.17, 15) is 0 Å². The Morgan fingerprint density at radius 3 is 2.31 bits per heavy atom. The molecule has 0 radical (unpaired) electrons. The highest BCUT2D eigenvalue weighted by Gasteiger charge is 2.43. The van der Waals surface area contributed by atoms with Crippen molar-refractivity contribution >= 4 is 0 Å². The number of hydrogen-bond acceptors (Lipinski definition) is 1. The SMILES string of the molecule is CCCN1C[N@+](C)(CC)C(C)C1C. The Kier molecular flexibility index (Phi) is 3.36. The lowest BCUT2D eigenvalue weighted by atomic mass is 10.1. The van der Waals surface area contributed by atoms with Gasteiger partial charge in [0.1, 0.15) is 12.7 Å². The second-order valence-electron chi connectivity index (χ2n) is 4.73. The predicted octanol–water partition coefficient (Wildman–Crippen LogP) is 1.91. The molecule has 78 valence electrons. The summed E-state index contributed by atoms with van der Waals surface area (Å²) in [5.41, 5.74) is 0. The highest BCUT2D eigenvalue weighted by Crippen LogP contribution is 2.26. The van der Waals surface area contributed by atoms with Crippen molar-refractivity contribution in [1.82, 2.24) is 4.90 Å². The van der Waals surface area contributed by atoms with Crippen molar-refractivity contribution in [1.29, 1.82) is 0 Å². The number of quaternary nitrogens is 1. The van der Waals surface area contributed by atoms with Crippen LogP contribution in [0, 0.1) is 0 Å². The van der Waals surface area contributed by atoms with Crippen molar-refractivity contribution in [3.05, 3.63) is 0 Å². The zero-order chi connectivity index (χ0) is 10.1. The van der Waals surface area contributed by atoms with Gasteiger partial charge in [0.25, 0.3) is 0 Å². The Morgan fingerprint density at radius 2 is 1.92 bits per heavy atom. The third-order valence-electron chi connectivity index (χ3n) is 4.00. The van der Waals surface area contributed by atoms with E-state index in [0.717, 1.165) is 12.1 Å². The van der Waals surface area contributed by atoms with Crippen molar-refractivity contribution in [3.63, 3.8) is 0 Å². The molecule has 2 unspecified atom stereocenters. The molecule has 0 aromatic heterocycles. The molecule has 2 nitrogen and oxygen atoms in total. The second kappa shape index (κ2) is 3.97. The van der Waals surface area contributed by atoms with Gasteiger partial charge in [0.05, 0.1) is 19.6 Å². The van der Waals surface area contributed by atoms with Crippen LogP contribution >= 0.6 is 0 Å². The summed E-state index contributed by atoms with van der Waals surface area (Å²) in [7, 11) is 2.39. The fourth-order valence-corrected chi connectivity index (χ4v) is 2.45. The highest BCUT2D eigenvalue weighted by molar-refractivity contribution is 4.77. The molecule has 0 amide bonds. The van der Waals surface area contributed by atoms with Gasteiger partial charge in [0.2, 0.25) is 0 Å². The molecule has 2 heteroatoms. The van der Waals surface area contributed by atoms with Gasteiger partial charge in [-0.15, -0.1) is 0 Å². The minimum atomic E-state index is 0.755. The van der Waals surface area contributed by atoms with Crippen molar-refractivity contribution < 1.29 is 4.48 Å². The number of rotatable bonds is 3. The van der Waals surface area contributed by atoms with Gasteiger partial charge in [-0.1, -0.05) is 6.92 Å². The molecule has 0 aliphatic carbocycles. The van der Waals surface area contributed by atoms with Gasteiger partial charge >= 0.3 is 0 Å². The summed E-state index contributed by atoms with van der Waals surface area (Å²) in [4.78, 5) is 2.63. The first-order chi connectivity index (χ1) is 6.05. The maximum atomic E-state index is 2.63. The molecular formula is C11H25N2+. The minimum absolute atomic E-state index is 0.755. The number of nitrogens with zero attached hydrogens (tertiary/aromatic N) is 2. The molecule has 0 bridgehead atoms. The van der Waals surface area contributed by atoms with Crippen LogP contribution in [0.2, 0.25) is 0 Å². The van der Waals surface area contributed by atoms with Crippen molar-refractivity contribution in [3.8, 4) is 0 Å². The summed E-state index contributed by atoms with van der Waals surface area (Å²) in [6, 6.07) is 1.54. The predicted molar refractivity (Wildman–Crippen MR) is 57.5 cm³/mol. The van der Waals surface area contributed by atoms with Crippen LogP contribution in [0.1, 0.15) is 34.1 Å². The fraction of sp³-hybridized carbons (Fsp3) is 1.00. The van der Waals surface area contributed by atoms with Crippen molar-refractivity contribution in [2.75, 3.05) is 26.8 Å². The van der Waals surface area contributed by atoms with E-state index in [0.29, 0.717) is 0 Å². The summed E-state index contributed by atoms with van der Waals surface area (Å²) < 4.78 is 1.22. The molecule has 0 N–H and O–H groups in total. The van der Waals surface area contributed by atoms with E-state index < -0.39 is 0 Å². The number of likely N-dealkylation sites (N-methyl/N-ethyl adjacent to an activating group) is 1. The molecule has 13 heavy (non-hydrogen) atoms. The molecule has 1 heterocycles. The lowest BCUT2D eigenvalue weighted by Gasteiger charge is -2.32. The summed E-state index contributed by atoms with van der Waals surface area (Å²) in [6.07, 6.45) is 1.28. The molecule has 0 aromatic carbocycles. The topological polar surface area (TPSA) is 3.24 Å². The van der Waals surface area contributed by atoms with Crippen LogP contribution in [-0.4, -0.2) is 48.3 Å². The molecule has 1 aliphatic rings. The average molecular weight is 185 g/mol. The second-order valence-corrected chi connectivity index (χ2v) is 4.73. The van der Waals surface area contributed by atoms with E-state index >= 15 is 0 Å². The molecular weight excluding hydrogens is 160 g/mol. The van der Waals surface area contributed by atoms with Gasteiger partial charge in [0.15, 0.2) is 0 Å². The van der Waals surface area contributed by atoms with Crippen LogP contribution in [0.3, 0.4) is 0 Å². The first-order valence-electron chi connectivity index (χ1n) is 5.63. The lowest BCUT2D eigenvalue weighted by molar-refractivity contribution is -0.921. The van der Waals surface area contributed by atoms with Gasteiger partial charge in [-0.3, -0.25) is 0 Å². The zero-order valence-electron chi connectivity index (χ0n) is 9.88. The van der Waals surface area contributed by atoms with Gasteiger partial charge in [-0.25, -0.2) is 4.90 Å². The highest BCUT2D eigenvalue weighted by atomic mass is 15.5. The van der Waals surface area contributed by atoms with E-state index in [-0.39, 0.29) is 0 Å². The smallest absolute Gasteiger partial charge is 0.135 e. The van der Waals surface area contributed by atoms with E-state index in [1.807, 2.05) is 0 Å². The molecule has 1 saturated heterocycles. The van der Waals surface area contributed by atoms with Crippen LogP contribution in [0.4, 0.5) is 0 Å². The fourth-order valence-electron chi connectivity index (χ4n) is 2.45. The minimum Gasteiger partial charge on any atom is -0.310 e. The normalized spacial score (nSPS) is 41.3. The molecule has 0 aromatic rings. The van der Waals surface area contributed by atoms with Crippen LogP contribution in [-0.2, 0) is 0 Å². The molecule has 1 aliphatic heterocycles. The van der Waals surface area contributed by atoms with Gasteiger partial charge < -0.3 is 4.48 Å². The van der Waals surface area contributed by atoms with E-state index in [4.69, 9.17) is 0 Å².